The van der Waals surface area contributed by atoms with E-state index in [0.717, 1.165) is 5.82 Å². The van der Waals surface area contributed by atoms with Crippen molar-refractivity contribution in [2.24, 2.45) is 0 Å². The summed E-state index contributed by atoms with van der Waals surface area (Å²) >= 11 is 5.97. The van der Waals surface area contributed by atoms with Gasteiger partial charge in [0.15, 0.2) is 5.82 Å². The second-order valence-electron chi connectivity index (χ2n) is 4.51. The molecular weight excluding hydrogens is 280 g/mol. The van der Waals surface area contributed by atoms with Gasteiger partial charge in [0.2, 0.25) is 0 Å². The van der Waals surface area contributed by atoms with Crippen LogP contribution < -0.4 is 4.74 Å². The third-order valence-electron chi connectivity index (χ3n) is 3.32. The molecule has 2 heterocycles. The molecule has 1 aliphatic heterocycles. The Hall–Kier alpha value is -2.08. The molecule has 2 aromatic rings. The van der Waals surface area contributed by atoms with Gasteiger partial charge in [-0.3, -0.25) is 4.79 Å². The van der Waals surface area contributed by atoms with Crippen molar-refractivity contribution < 1.29 is 9.53 Å². The molecule has 0 atom stereocenters. The highest BCUT2D eigenvalue weighted by Gasteiger charge is 2.25. The number of fused-ring (bicyclic) bond motifs is 1. The molecule has 0 radical (unpaired) electrons. The molecule has 0 N–H and O–H groups in total. The van der Waals surface area contributed by atoms with Crippen LogP contribution in [0.15, 0.2) is 24.5 Å². The minimum Gasteiger partial charge on any atom is -0.496 e. The Balaban J connectivity index is 1.88. The molecule has 1 aromatic carbocycles. The molecule has 104 valence electrons. The van der Waals surface area contributed by atoms with Crippen LogP contribution in [-0.4, -0.2) is 39.2 Å². The summed E-state index contributed by atoms with van der Waals surface area (Å²) in [6.07, 6.45) is 1.68. The smallest absolute Gasteiger partial charge is 0.258 e. The third-order valence-corrected chi connectivity index (χ3v) is 3.55. The van der Waals surface area contributed by atoms with Crippen molar-refractivity contribution >= 4 is 17.5 Å². The van der Waals surface area contributed by atoms with E-state index in [1.165, 1.54) is 7.11 Å². The van der Waals surface area contributed by atoms with E-state index in [0.29, 0.717) is 36.0 Å². The summed E-state index contributed by atoms with van der Waals surface area (Å²) in [7, 11) is 1.53. The molecule has 0 unspecified atom stereocenters. The average Bonchev–Trinajstić information content (AvgIpc) is 2.93. The number of nitrogens with zero attached hydrogens (tertiary/aromatic N) is 4. The molecule has 20 heavy (non-hydrogen) atoms. The molecule has 7 heteroatoms. The first-order valence-electron chi connectivity index (χ1n) is 6.18. The maximum absolute atomic E-state index is 12.6. The molecule has 3 rings (SSSR count). The van der Waals surface area contributed by atoms with Crippen molar-refractivity contribution in [3.8, 4) is 5.75 Å². The topological polar surface area (TPSA) is 60.2 Å². The lowest BCUT2D eigenvalue weighted by atomic mass is 10.1. The Kier molecular flexibility index (Phi) is 3.31. The SMILES string of the molecule is COc1ccc(Cl)cc1C(=O)N1CCn2cnnc2C1. The summed E-state index contributed by atoms with van der Waals surface area (Å²) in [6.45, 7) is 1.74. The maximum Gasteiger partial charge on any atom is 0.258 e. The number of hydrogen-bond acceptors (Lipinski definition) is 4. The fourth-order valence-corrected chi connectivity index (χ4v) is 2.43. The Morgan fingerprint density at radius 3 is 3.05 bits per heavy atom. The van der Waals surface area contributed by atoms with Gasteiger partial charge in [-0.25, -0.2) is 0 Å². The lowest BCUT2D eigenvalue weighted by Gasteiger charge is -2.27. The first-order valence-corrected chi connectivity index (χ1v) is 6.56. The van der Waals surface area contributed by atoms with E-state index in [9.17, 15) is 4.79 Å². The minimum atomic E-state index is -0.112. The third kappa shape index (κ3) is 2.22. The first-order chi connectivity index (χ1) is 9.69. The van der Waals surface area contributed by atoms with Crippen LogP contribution in [0.1, 0.15) is 16.2 Å². The Morgan fingerprint density at radius 2 is 2.25 bits per heavy atom. The van der Waals surface area contributed by atoms with Crippen molar-refractivity contribution in [2.45, 2.75) is 13.1 Å². The van der Waals surface area contributed by atoms with E-state index in [-0.39, 0.29) is 5.91 Å². The molecule has 0 saturated heterocycles. The summed E-state index contributed by atoms with van der Waals surface area (Å²) in [5, 5.41) is 8.36. The van der Waals surface area contributed by atoms with Gasteiger partial charge >= 0.3 is 0 Å². The summed E-state index contributed by atoms with van der Waals surface area (Å²) < 4.78 is 7.17. The predicted molar refractivity (Wildman–Crippen MR) is 72.8 cm³/mol. The van der Waals surface area contributed by atoms with Gasteiger partial charge < -0.3 is 14.2 Å². The van der Waals surface area contributed by atoms with Gasteiger partial charge in [-0.05, 0) is 18.2 Å². The molecule has 0 fully saturated rings. The quantitative estimate of drug-likeness (QED) is 0.843. The molecule has 0 aliphatic carbocycles. The second kappa shape index (κ2) is 5.13. The zero-order chi connectivity index (χ0) is 14.1. The fraction of sp³-hybridized carbons (Fsp3) is 0.308. The summed E-state index contributed by atoms with van der Waals surface area (Å²) in [5.74, 6) is 1.19. The Labute approximate surface area is 120 Å². The summed E-state index contributed by atoms with van der Waals surface area (Å²) in [4.78, 5) is 14.3. The molecule has 6 nitrogen and oxygen atoms in total. The van der Waals surface area contributed by atoms with E-state index >= 15 is 0 Å². The first kappa shape index (κ1) is 12.9. The van der Waals surface area contributed by atoms with Crippen LogP contribution in [0.4, 0.5) is 0 Å². The summed E-state index contributed by atoms with van der Waals surface area (Å²) in [6, 6.07) is 5.02. The predicted octanol–water partition coefficient (Wildman–Crippen LogP) is 1.60. The average molecular weight is 293 g/mol. The van der Waals surface area contributed by atoms with E-state index in [1.807, 2.05) is 4.57 Å². The number of amides is 1. The number of carbonyl (C=O) groups excluding carboxylic acids is 1. The molecule has 1 aliphatic rings. The van der Waals surface area contributed by atoms with E-state index < -0.39 is 0 Å². The number of methoxy groups -OCH3 is 1. The minimum absolute atomic E-state index is 0.112. The largest absolute Gasteiger partial charge is 0.496 e. The molecule has 0 bridgehead atoms. The summed E-state index contributed by atoms with van der Waals surface area (Å²) in [5.41, 5.74) is 0.466. The number of carbonyl (C=O) groups is 1. The highest BCUT2D eigenvalue weighted by molar-refractivity contribution is 6.31. The van der Waals surface area contributed by atoms with Gasteiger partial charge in [-0.1, -0.05) is 11.6 Å². The van der Waals surface area contributed by atoms with Crippen molar-refractivity contribution in [1.82, 2.24) is 19.7 Å². The number of benzene rings is 1. The van der Waals surface area contributed by atoms with E-state index in [1.54, 1.807) is 29.4 Å². The molecule has 1 amide bonds. The van der Waals surface area contributed by atoms with Gasteiger partial charge in [-0.15, -0.1) is 10.2 Å². The number of halogens is 1. The van der Waals surface area contributed by atoms with Gasteiger partial charge in [0, 0.05) is 18.1 Å². The highest BCUT2D eigenvalue weighted by Crippen LogP contribution is 2.25. The van der Waals surface area contributed by atoms with Crippen molar-refractivity contribution in [1.29, 1.82) is 0 Å². The molecule has 0 saturated carbocycles. The van der Waals surface area contributed by atoms with Crippen molar-refractivity contribution in [2.75, 3.05) is 13.7 Å². The second-order valence-corrected chi connectivity index (χ2v) is 4.95. The molecular formula is C13H13ClN4O2. The zero-order valence-electron chi connectivity index (χ0n) is 10.9. The molecule has 0 spiro atoms. The van der Waals surface area contributed by atoms with Gasteiger partial charge in [0.1, 0.15) is 12.1 Å². The number of hydrogen-bond donors (Lipinski definition) is 0. The zero-order valence-corrected chi connectivity index (χ0v) is 11.7. The van der Waals surface area contributed by atoms with Crippen molar-refractivity contribution in [3.05, 3.63) is 40.9 Å². The monoisotopic (exact) mass is 292 g/mol. The number of ether oxygens (including phenoxy) is 1. The maximum atomic E-state index is 12.6. The number of aromatic nitrogens is 3. The normalized spacial score (nSPS) is 14.0. The van der Waals surface area contributed by atoms with Gasteiger partial charge in [-0.2, -0.15) is 0 Å². The van der Waals surface area contributed by atoms with Crippen LogP contribution in [0.5, 0.6) is 5.75 Å². The van der Waals surface area contributed by atoms with E-state index in [4.69, 9.17) is 16.3 Å². The van der Waals surface area contributed by atoms with Gasteiger partial charge in [0.25, 0.3) is 5.91 Å². The fourth-order valence-electron chi connectivity index (χ4n) is 2.26. The van der Waals surface area contributed by atoms with Crippen LogP contribution in [0.3, 0.4) is 0 Å². The standard InChI is InChI=1S/C13H13ClN4O2/c1-20-11-3-2-9(14)6-10(11)13(19)17-4-5-18-8-15-16-12(18)7-17/h2-3,6,8H,4-5,7H2,1H3. The lowest BCUT2D eigenvalue weighted by Crippen LogP contribution is -2.38. The van der Waals surface area contributed by atoms with Crippen LogP contribution in [0.25, 0.3) is 0 Å². The van der Waals surface area contributed by atoms with Crippen LogP contribution >= 0.6 is 11.6 Å². The Bertz CT molecular complexity index is 656. The van der Waals surface area contributed by atoms with Crippen LogP contribution in [0, 0.1) is 0 Å². The lowest BCUT2D eigenvalue weighted by molar-refractivity contribution is 0.0704. The van der Waals surface area contributed by atoms with Gasteiger partial charge in [0.05, 0.1) is 19.2 Å². The highest BCUT2D eigenvalue weighted by atomic mass is 35.5. The van der Waals surface area contributed by atoms with Crippen LogP contribution in [-0.2, 0) is 13.1 Å². The van der Waals surface area contributed by atoms with Crippen molar-refractivity contribution in [3.63, 3.8) is 0 Å². The van der Waals surface area contributed by atoms with Crippen LogP contribution in [0.2, 0.25) is 5.02 Å². The number of rotatable bonds is 2. The molecule has 1 aromatic heterocycles. The Morgan fingerprint density at radius 1 is 1.40 bits per heavy atom. The van der Waals surface area contributed by atoms with E-state index in [2.05, 4.69) is 10.2 Å².